The van der Waals surface area contributed by atoms with E-state index in [1.807, 2.05) is 0 Å². The van der Waals surface area contributed by atoms with Gasteiger partial charge in [-0.25, -0.2) is 13.1 Å². The zero-order valence-corrected chi connectivity index (χ0v) is 10.9. The molecule has 0 saturated heterocycles. The van der Waals surface area contributed by atoms with Crippen LogP contribution >= 0.6 is 11.6 Å². The van der Waals surface area contributed by atoms with Gasteiger partial charge in [0.15, 0.2) is 0 Å². The van der Waals surface area contributed by atoms with E-state index in [2.05, 4.69) is 4.72 Å². The Kier molecular flexibility index (Phi) is 4.76. The number of benzene rings is 1. The van der Waals surface area contributed by atoms with Gasteiger partial charge in [0.05, 0.1) is 12.3 Å². The van der Waals surface area contributed by atoms with E-state index >= 15 is 0 Å². The van der Waals surface area contributed by atoms with Crippen molar-refractivity contribution in [2.45, 2.75) is 24.3 Å². The fraction of sp³-hybridized carbons (Fsp3) is 0.400. The number of sulfonamides is 1. The summed E-state index contributed by atoms with van der Waals surface area (Å²) in [5.41, 5.74) is 5.71. The lowest BCUT2D eigenvalue weighted by Gasteiger charge is -2.15. The number of hydrogen-bond donors (Lipinski definition) is 3. The lowest BCUT2D eigenvalue weighted by Crippen LogP contribution is -2.37. The van der Waals surface area contributed by atoms with Gasteiger partial charge in [-0.2, -0.15) is 0 Å². The van der Waals surface area contributed by atoms with Crippen molar-refractivity contribution < 1.29 is 13.5 Å². The molecule has 1 atom stereocenters. The normalized spacial score (nSPS) is 13.6. The second-order valence-electron chi connectivity index (χ2n) is 3.59. The number of aliphatic hydroxyl groups is 1. The highest BCUT2D eigenvalue weighted by atomic mass is 35.5. The van der Waals surface area contributed by atoms with Crippen LogP contribution in [0.15, 0.2) is 23.1 Å². The topological polar surface area (TPSA) is 92.4 Å². The van der Waals surface area contributed by atoms with E-state index in [0.717, 1.165) is 0 Å². The number of nitrogens with one attached hydrogen (secondary N) is 1. The van der Waals surface area contributed by atoms with Crippen LogP contribution in [0.3, 0.4) is 0 Å². The Morgan fingerprint density at radius 2 is 2.18 bits per heavy atom. The molecule has 0 aliphatic heterocycles. The van der Waals surface area contributed by atoms with Crippen LogP contribution in [-0.4, -0.2) is 26.2 Å². The minimum absolute atomic E-state index is 0.0723. The Labute approximate surface area is 106 Å². The van der Waals surface area contributed by atoms with Crippen LogP contribution in [0.1, 0.15) is 13.3 Å². The summed E-state index contributed by atoms with van der Waals surface area (Å²) in [6.45, 7) is 1.50. The summed E-state index contributed by atoms with van der Waals surface area (Å²) in [5.74, 6) is 0. The maximum absolute atomic E-state index is 12.0. The Bertz CT molecular complexity index is 486. The first kappa shape index (κ1) is 14.2. The Morgan fingerprint density at radius 3 is 2.71 bits per heavy atom. The molecule has 0 aromatic heterocycles. The average molecular weight is 279 g/mol. The number of nitrogens with two attached hydrogens (primary N) is 1. The van der Waals surface area contributed by atoms with Crippen molar-refractivity contribution in [3.8, 4) is 0 Å². The van der Waals surface area contributed by atoms with Gasteiger partial charge in [0, 0.05) is 11.1 Å². The Morgan fingerprint density at radius 1 is 1.53 bits per heavy atom. The van der Waals surface area contributed by atoms with E-state index in [4.69, 9.17) is 22.4 Å². The van der Waals surface area contributed by atoms with Crippen LogP contribution in [0.25, 0.3) is 0 Å². The van der Waals surface area contributed by atoms with Gasteiger partial charge in [-0.15, -0.1) is 0 Å². The van der Waals surface area contributed by atoms with Crippen molar-refractivity contribution in [3.63, 3.8) is 0 Å². The SMILES string of the molecule is CCC(CO)NS(=O)(=O)c1cc(Cl)ccc1N. The zero-order chi connectivity index (χ0) is 13.1. The third-order valence-electron chi connectivity index (χ3n) is 2.30. The van der Waals surface area contributed by atoms with Crippen LogP contribution in [0.2, 0.25) is 5.02 Å². The molecule has 0 fully saturated rings. The summed E-state index contributed by atoms with van der Waals surface area (Å²) >= 11 is 5.73. The van der Waals surface area contributed by atoms with Crippen molar-refractivity contribution in [1.82, 2.24) is 4.72 Å². The molecule has 0 spiro atoms. The first-order valence-electron chi connectivity index (χ1n) is 5.09. The van der Waals surface area contributed by atoms with Crippen LogP contribution in [-0.2, 0) is 10.0 Å². The molecule has 0 bridgehead atoms. The predicted octanol–water partition coefficient (Wildman–Crippen LogP) is 0.971. The van der Waals surface area contributed by atoms with Crippen molar-refractivity contribution in [2.75, 3.05) is 12.3 Å². The molecule has 0 heterocycles. The molecule has 1 rings (SSSR count). The first-order chi connectivity index (χ1) is 7.90. The average Bonchev–Trinajstić information content (AvgIpc) is 2.29. The molecule has 1 aromatic rings. The standard InChI is InChI=1S/C10H15ClN2O3S/c1-2-8(6-14)13-17(15,16)10-5-7(11)3-4-9(10)12/h3-5,8,13-14H,2,6,12H2,1H3. The van der Waals surface area contributed by atoms with Gasteiger partial charge >= 0.3 is 0 Å². The zero-order valence-electron chi connectivity index (χ0n) is 9.35. The predicted molar refractivity (Wildman–Crippen MR) is 67.4 cm³/mol. The number of anilines is 1. The summed E-state index contributed by atoms with van der Waals surface area (Å²) < 4.78 is 26.3. The molecular formula is C10H15ClN2O3S. The highest BCUT2D eigenvalue weighted by molar-refractivity contribution is 7.89. The number of aliphatic hydroxyl groups excluding tert-OH is 1. The van der Waals surface area contributed by atoms with Crippen LogP contribution < -0.4 is 10.5 Å². The minimum Gasteiger partial charge on any atom is -0.398 e. The molecule has 0 radical (unpaired) electrons. The highest BCUT2D eigenvalue weighted by Gasteiger charge is 2.21. The number of rotatable bonds is 5. The van der Waals surface area contributed by atoms with Crippen LogP contribution in [0.4, 0.5) is 5.69 Å². The molecule has 5 nitrogen and oxygen atoms in total. The van der Waals surface area contributed by atoms with Gasteiger partial charge in [-0.3, -0.25) is 0 Å². The van der Waals surface area contributed by atoms with Gasteiger partial charge in [0.1, 0.15) is 4.90 Å². The quantitative estimate of drug-likeness (QED) is 0.700. The fourth-order valence-corrected chi connectivity index (χ4v) is 2.98. The monoisotopic (exact) mass is 278 g/mol. The van der Waals surface area contributed by atoms with E-state index in [-0.39, 0.29) is 22.2 Å². The lowest BCUT2D eigenvalue weighted by atomic mass is 10.3. The second-order valence-corrected chi connectivity index (χ2v) is 5.71. The van der Waals surface area contributed by atoms with Gasteiger partial charge in [0.2, 0.25) is 10.0 Å². The summed E-state index contributed by atoms with van der Waals surface area (Å²) in [7, 11) is -3.76. The number of hydrogen-bond acceptors (Lipinski definition) is 4. The minimum atomic E-state index is -3.76. The fourth-order valence-electron chi connectivity index (χ4n) is 1.27. The van der Waals surface area contributed by atoms with Gasteiger partial charge < -0.3 is 10.8 Å². The van der Waals surface area contributed by atoms with Crippen molar-refractivity contribution in [2.24, 2.45) is 0 Å². The molecule has 0 aliphatic rings. The van der Waals surface area contributed by atoms with E-state index < -0.39 is 16.1 Å². The lowest BCUT2D eigenvalue weighted by molar-refractivity contribution is 0.254. The highest BCUT2D eigenvalue weighted by Crippen LogP contribution is 2.22. The number of nitrogen functional groups attached to an aromatic ring is 1. The Hall–Kier alpha value is -0.820. The first-order valence-corrected chi connectivity index (χ1v) is 6.95. The number of halogens is 1. The van der Waals surface area contributed by atoms with Crippen LogP contribution in [0, 0.1) is 0 Å². The van der Waals surface area contributed by atoms with Gasteiger partial charge in [-0.1, -0.05) is 18.5 Å². The second kappa shape index (κ2) is 5.68. The molecule has 0 saturated carbocycles. The summed E-state index contributed by atoms with van der Waals surface area (Å²) in [6.07, 6.45) is 0.482. The van der Waals surface area contributed by atoms with Crippen molar-refractivity contribution >= 4 is 27.3 Å². The van der Waals surface area contributed by atoms with Gasteiger partial charge in [-0.05, 0) is 24.6 Å². The molecule has 1 aromatic carbocycles. The molecule has 1 unspecified atom stereocenters. The summed E-state index contributed by atoms with van der Waals surface area (Å²) in [4.78, 5) is -0.0723. The molecular weight excluding hydrogens is 264 g/mol. The molecule has 4 N–H and O–H groups in total. The summed E-state index contributed by atoms with van der Waals surface area (Å²) in [6, 6.07) is 3.69. The molecule has 17 heavy (non-hydrogen) atoms. The van der Waals surface area contributed by atoms with E-state index in [1.165, 1.54) is 18.2 Å². The third-order valence-corrected chi connectivity index (χ3v) is 4.11. The molecule has 96 valence electrons. The van der Waals surface area contributed by atoms with Gasteiger partial charge in [0.25, 0.3) is 0 Å². The molecule has 0 amide bonds. The van der Waals surface area contributed by atoms with Crippen molar-refractivity contribution in [3.05, 3.63) is 23.2 Å². The Balaban J connectivity index is 3.09. The maximum Gasteiger partial charge on any atom is 0.242 e. The summed E-state index contributed by atoms with van der Waals surface area (Å²) in [5, 5.41) is 9.26. The van der Waals surface area contributed by atoms with E-state index in [0.29, 0.717) is 6.42 Å². The van der Waals surface area contributed by atoms with Crippen LogP contribution in [0.5, 0.6) is 0 Å². The van der Waals surface area contributed by atoms with E-state index in [9.17, 15) is 8.42 Å². The molecule has 0 aliphatic carbocycles. The van der Waals surface area contributed by atoms with E-state index in [1.54, 1.807) is 6.92 Å². The smallest absolute Gasteiger partial charge is 0.242 e. The van der Waals surface area contributed by atoms with Crippen molar-refractivity contribution in [1.29, 1.82) is 0 Å². The third kappa shape index (κ3) is 3.57. The largest absolute Gasteiger partial charge is 0.398 e. The maximum atomic E-state index is 12.0. The molecule has 7 heteroatoms.